The first kappa shape index (κ1) is 11.7. The molecule has 1 fully saturated rings. The van der Waals surface area contributed by atoms with Gasteiger partial charge in [-0.15, -0.1) is 0 Å². The zero-order valence-corrected chi connectivity index (χ0v) is 11.0. The van der Waals surface area contributed by atoms with E-state index in [1.54, 1.807) is 0 Å². The maximum atomic E-state index is 3.61. The molecule has 0 saturated carbocycles. The van der Waals surface area contributed by atoms with Gasteiger partial charge in [-0.2, -0.15) is 0 Å². The molecule has 1 nitrogen and oxygen atoms in total. The van der Waals surface area contributed by atoms with Gasteiger partial charge in [-0.1, -0.05) is 49.4 Å². The molecule has 0 amide bonds. The first-order valence-electron chi connectivity index (χ1n) is 7.09. The van der Waals surface area contributed by atoms with Gasteiger partial charge in [-0.25, -0.2) is 0 Å². The van der Waals surface area contributed by atoms with Crippen LogP contribution in [0.25, 0.3) is 10.8 Å². The molecule has 0 aromatic heterocycles. The summed E-state index contributed by atoms with van der Waals surface area (Å²) in [5.41, 5.74) is 1.52. The fourth-order valence-corrected chi connectivity index (χ4v) is 3.08. The zero-order valence-electron chi connectivity index (χ0n) is 11.0. The molecule has 0 unspecified atom stereocenters. The van der Waals surface area contributed by atoms with E-state index in [4.69, 9.17) is 0 Å². The average molecular weight is 239 g/mol. The molecule has 1 aliphatic rings. The van der Waals surface area contributed by atoms with Crippen LogP contribution in [0, 0.1) is 0 Å². The standard InChI is InChI=1S/C17H21N/c1-2-17-12-16(9-10-18-17)15-8-7-13-5-3-4-6-14(13)11-15/h3-8,11,16-18H,2,9-10,12H2,1H3/t16-,17-/m0/s1. The van der Waals surface area contributed by atoms with E-state index in [1.807, 2.05) is 0 Å². The van der Waals surface area contributed by atoms with Crippen LogP contribution in [0.3, 0.4) is 0 Å². The Morgan fingerprint density at radius 2 is 1.94 bits per heavy atom. The molecule has 94 valence electrons. The SMILES string of the molecule is CC[C@H]1C[C@@H](c2ccc3ccccc3c2)CCN1. The van der Waals surface area contributed by atoms with Crippen LogP contribution in [0.4, 0.5) is 0 Å². The highest BCUT2D eigenvalue weighted by atomic mass is 14.9. The van der Waals surface area contributed by atoms with Gasteiger partial charge in [-0.05, 0) is 48.1 Å². The zero-order chi connectivity index (χ0) is 12.4. The van der Waals surface area contributed by atoms with Crippen molar-refractivity contribution in [2.75, 3.05) is 6.54 Å². The number of rotatable bonds is 2. The Balaban J connectivity index is 1.89. The molecule has 2 aromatic carbocycles. The Morgan fingerprint density at radius 3 is 2.78 bits per heavy atom. The predicted molar refractivity (Wildman–Crippen MR) is 78.0 cm³/mol. The topological polar surface area (TPSA) is 12.0 Å². The van der Waals surface area contributed by atoms with Crippen molar-refractivity contribution in [3.63, 3.8) is 0 Å². The van der Waals surface area contributed by atoms with Crippen LogP contribution in [0.15, 0.2) is 42.5 Å². The largest absolute Gasteiger partial charge is 0.314 e. The summed E-state index contributed by atoms with van der Waals surface area (Å²) in [4.78, 5) is 0. The highest BCUT2D eigenvalue weighted by molar-refractivity contribution is 5.83. The van der Waals surface area contributed by atoms with Crippen LogP contribution in [0.5, 0.6) is 0 Å². The van der Waals surface area contributed by atoms with Gasteiger partial charge in [0.25, 0.3) is 0 Å². The van der Waals surface area contributed by atoms with E-state index in [1.165, 1.54) is 35.6 Å². The number of benzene rings is 2. The van der Waals surface area contributed by atoms with Crippen molar-refractivity contribution >= 4 is 10.8 Å². The van der Waals surface area contributed by atoms with E-state index in [-0.39, 0.29) is 0 Å². The first-order chi connectivity index (χ1) is 8.86. The molecule has 0 radical (unpaired) electrons. The smallest absolute Gasteiger partial charge is 0.00702 e. The average Bonchev–Trinajstić information content (AvgIpc) is 2.47. The molecule has 2 atom stereocenters. The predicted octanol–water partition coefficient (Wildman–Crippen LogP) is 4.09. The molecular weight excluding hydrogens is 218 g/mol. The molecule has 1 N–H and O–H groups in total. The van der Waals surface area contributed by atoms with E-state index < -0.39 is 0 Å². The van der Waals surface area contributed by atoms with E-state index in [0.29, 0.717) is 6.04 Å². The second-order valence-corrected chi connectivity index (χ2v) is 5.39. The molecule has 1 heterocycles. The Labute approximate surface area is 109 Å². The summed E-state index contributed by atoms with van der Waals surface area (Å²) in [6.45, 7) is 3.44. The number of nitrogens with one attached hydrogen (secondary N) is 1. The van der Waals surface area contributed by atoms with Crippen LogP contribution >= 0.6 is 0 Å². The first-order valence-corrected chi connectivity index (χ1v) is 7.09. The van der Waals surface area contributed by atoms with E-state index >= 15 is 0 Å². The minimum atomic E-state index is 0.704. The summed E-state index contributed by atoms with van der Waals surface area (Å²) >= 11 is 0. The van der Waals surface area contributed by atoms with Gasteiger partial charge in [0.1, 0.15) is 0 Å². The maximum absolute atomic E-state index is 3.61. The van der Waals surface area contributed by atoms with Crippen molar-refractivity contribution in [2.45, 2.75) is 38.1 Å². The summed E-state index contributed by atoms with van der Waals surface area (Å²) < 4.78 is 0. The van der Waals surface area contributed by atoms with Crippen LogP contribution in [-0.2, 0) is 0 Å². The summed E-state index contributed by atoms with van der Waals surface area (Å²) in [5.74, 6) is 0.737. The third-order valence-corrected chi connectivity index (χ3v) is 4.23. The van der Waals surface area contributed by atoms with Gasteiger partial charge in [0.05, 0.1) is 0 Å². The Morgan fingerprint density at radius 1 is 1.11 bits per heavy atom. The van der Waals surface area contributed by atoms with E-state index in [9.17, 15) is 0 Å². The molecule has 0 bridgehead atoms. The maximum Gasteiger partial charge on any atom is 0.00702 e. The van der Waals surface area contributed by atoms with E-state index in [2.05, 4.69) is 54.7 Å². The third kappa shape index (κ3) is 2.28. The quantitative estimate of drug-likeness (QED) is 0.832. The fraction of sp³-hybridized carbons (Fsp3) is 0.412. The van der Waals surface area contributed by atoms with Crippen molar-refractivity contribution in [2.24, 2.45) is 0 Å². The molecule has 3 rings (SSSR count). The number of piperidine rings is 1. The monoisotopic (exact) mass is 239 g/mol. The second kappa shape index (κ2) is 5.11. The molecular formula is C17H21N. The number of fused-ring (bicyclic) bond motifs is 1. The molecule has 1 saturated heterocycles. The highest BCUT2D eigenvalue weighted by Crippen LogP contribution is 2.30. The van der Waals surface area contributed by atoms with Crippen LogP contribution in [0.1, 0.15) is 37.7 Å². The molecule has 0 spiro atoms. The fourth-order valence-electron chi connectivity index (χ4n) is 3.08. The lowest BCUT2D eigenvalue weighted by Crippen LogP contribution is -2.36. The number of hydrogen-bond acceptors (Lipinski definition) is 1. The third-order valence-electron chi connectivity index (χ3n) is 4.23. The van der Waals surface area contributed by atoms with Crippen LogP contribution < -0.4 is 5.32 Å². The van der Waals surface area contributed by atoms with Gasteiger partial charge < -0.3 is 5.32 Å². The van der Waals surface area contributed by atoms with Crippen LogP contribution in [-0.4, -0.2) is 12.6 Å². The molecule has 0 aliphatic carbocycles. The lowest BCUT2D eigenvalue weighted by Gasteiger charge is -2.30. The molecule has 18 heavy (non-hydrogen) atoms. The molecule has 1 heteroatoms. The lowest BCUT2D eigenvalue weighted by atomic mass is 9.85. The van der Waals surface area contributed by atoms with Gasteiger partial charge >= 0.3 is 0 Å². The van der Waals surface area contributed by atoms with Gasteiger partial charge in [0.15, 0.2) is 0 Å². The van der Waals surface area contributed by atoms with Gasteiger partial charge in [0, 0.05) is 6.04 Å². The van der Waals surface area contributed by atoms with Gasteiger partial charge in [-0.3, -0.25) is 0 Å². The van der Waals surface area contributed by atoms with Crippen molar-refractivity contribution in [3.05, 3.63) is 48.0 Å². The normalized spacial score (nSPS) is 24.3. The van der Waals surface area contributed by atoms with Crippen molar-refractivity contribution in [1.29, 1.82) is 0 Å². The highest BCUT2D eigenvalue weighted by Gasteiger charge is 2.21. The summed E-state index contributed by atoms with van der Waals surface area (Å²) in [6, 6.07) is 16.3. The van der Waals surface area contributed by atoms with E-state index in [0.717, 1.165) is 12.5 Å². The minimum absolute atomic E-state index is 0.704. The van der Waals surface area contributed by atoms with Crippen molar-refractivity contribution < 1.29 is 0 Å². The summed E-state index contributed by atoms with van der Waals surface area (Å²) in [7, 11) is 0. The summed E-state index contributed by atoms with van der Waals surface area (Å²) in [6.07, 6.45) is 3.80. The second-order valence-electron chi connectivity index (χ2n) is 5.39. The minimum Gasteiger partial charge on any atom is -0.314 e. The number of hydrogen-bond donors (Lipinski definition) is 1. The Bertz CT molecular complexity index is 532. The van der Waals surface area contributed by atoms with Gasteiger partial charge in [0.2, 0.25) is 0 Å². The lowest BCUT2D eigenvalue weighted by molar-refractivity contribution is 0.355. The molecule has 2 aromatic rings. The van der Waals surface area contributed by atoms with Crippen LogP contribution in [0.2, 0.25) is 0 Å². The van der Waals surface area contributed by atoms with Crippen molar-refractivity contribution in [1.82, 2.24) is 5.32 Å². The molecule has 1 aliphatic heterocycles. The van der Waals surface area contributed by atoms with Crippen molar-refractivity contribution in [3.8, 4) is 0 Å². The summed E-state index contributed by atoms with van der Waals surface area (Å²) in [5, 5.41) is 6.33. The Kier molecular flexibility index (Phi) is 3.33. The Hall–Kier alpha value is -1.34.